The second kappa shape index (κ2) is 10.2. The molecule has 29 heavy (non-hydrogen) atoms. The highest BCUT2D eigenvalue weighted by atomic mass is 32.2. The average molecular weight is 447 g/mol. The van der Waals surface area contributed by atoms with Gasteiger partial charge in [0.15, 0.2) is 11.5 Å². The van der Waals surface area contributed by atoms with E-state index in [4.69, 9.17) is 18.5 Å². The number of amides is 1. The molecule has 8 nitrogen and oxygen atoms in total. The van der Waals surface area contributed by atoms with Crippen molar-refractivity contribution in [3.8, 4) is 11.5 Å². The van der Waals surface area contributed by atoms with Gasteiger partial charge in [0.05, 0.1) is 25.3 Å². The van der Waals surface area contributed by atoms with E-state index >= 15 is 0 Å². The van der Waals surface area contributed by atoms with Crippen molar-refractivity contribution >= 4 is 26.0 Å². The third-order valence-corrected chi connectivity index (χ3v) is 7.50. The summed E-state index contributed by atoms with van der Waals surface area (Å²) >= 11 is 0.955. The van der Waals surface area contributed by atoms with Gasteiger partial charge >= 0.3 is 13.8 Å². The van der Waals surface area contributed by atoms with E-state index in [1.165, 1.54) is 8.38 Å². The molecule has 0 fully saturated rings. The van der Waals surface area contributed by atoms with Crippen molar-refractivity contribution in [1.29, 1.82) is 0 Å². The van der Waals surface area contributed by atoms with Crippen molar-refractivity contribution in [1.82, 2.24) is 8.38 Å². The van der Waals surface area contributed by atoms with Gasteiger partial charge in [0.25, 0.3) is 0 Å². The molecule has 0 saturated carbocycles. The Kier molecular flexibility index (Phi) is 8.43. The number of carbonyl (C=O) groups is 1. The predicted molar refractivity (Wildman–Crippen MR) is 114 cm³/mol. The summed E-state index contributed by atoms with van der Waals surface area (Å²) < 4.78 is 38.2. The third-order valence-electron chi connectivity index (χ3n) is 4.00. The SMILES string of the molecule is CCCN(SN(C)C(=O)Oc1cccc2c1OC(C)(C)C2)P(=O)(OCC)OCC. The molecule has 0 unspecified atom stereocenters. The number of hydrogen-bond donors (Lipinski definition) is 0. The normalized spacial score (nSPS) is 15.1. The predicted octanol–water partition coefficient (Wildman–Crippen LogP) is 5.29. The first-order valence-corrected chi connectivity index (χ1v) is 12.0. The van der Waals surface area contributed by atoms with Crippen molar-refractivity contribution in [2.45, 2.75) is 53.1 Å². The zero-order chi connectivity index (χ0) is 21.7. The first-order valence-electron chi connectivity index (χ1n) is 9.77. The number of rotatable bonds is 10. The van der Waals surface area contributed by atoms with Gasteiger partial charge in [-0.2, -0.15) is 0 Å². The lowest BCUT2D eigenvalue weighted by Gasteiger charge is -2.30. The standard InChI is InChI=1S/C19H31N2O6PS/c1-7-13-21(28(23,24-8-2)25-9-3)29-20(6)18(22)26-16-12-10-11-15-14-19(4,5)27-17(15)16/h10-12H,7-9,13-14H2,1-6H3. The zero-order valence-corrected chi connectivity index (χ0v) is 19.7. The van der Waals surface area contributed by atoms with Crippen molar-refractivity contribution < 1.29 is 27.9 Å². The number of para-hydroxylation sites is 1. The van der Waals surface area contributed by atoms with E-state index in [0.717, 1.165) is 24.1 Å². The van der Waals surface area contributed by atoms with Gasteiger partial charge in [0.2, 0.25) is 0 Å². The summed E-state index contributed by atoms with van der Waals surface area (Å²) in [6.07, 6.45) is 0.834. The molecule has 0 N–H and O–H groups in total. The molecule has 1 heterocycles. The van der Waals surface area contributed by atoms with E-state index in [0.29, 0.717) is 24.5 Å². The molecule has 0 spiro atoms. The third kappa shape index (κ3) is 6.12. The van der Waals surface area contributed by atoms with Crippen molar-refractivity contribution in [2.24, 2.45) is 0 Å². The van der Waals surface area contributed by atoms with Crippen LogP contribution in [0.5, 0.6) is 11.5 Å². The average Bonchev–Trinajstić information content (AvgIpc) is 2.96. The van der Waals surface area contributed by atoms with Gasteiger partial charge in [0.1, 0.15) is 5.60 Å². The molecule has 0 aliphatic carbocycles. The number of benzene rings is 1. The van der Waals surface area contributed by atoms with Gasteiger partial charge in [0, 0.05) is 25.6 Å². The summed E-state index contributed by atoms with van der Waals surface area (Å²) in [7, 11) is -1.98. The second-order valence-corrected chi connectivity index (χ2v) is 10.5. The number of hydrogen-bond acceptors (Lipinski definition) is 7. The van der Waals surface area contributed by atoms with Gasteiger partial charge in [-0.3, -0.25) is 9.05 Å². The largest absolute Gasteiger partial charge is 0.483 e. The summed E-state index contributed by atoms with van der Waals surface area (Å²) in [5.74, 6) is 0.953. The monoisotopic (exact) mass is 446 g/mol. The highest BCUT2D eigenvalue weighted by molar-refractivity contribution is 7.99. The molecule has 1 aliphatic heterocycles. The molecule has 0 aromatic heterocycles. The van der Waals surface area contributed by atoms with Crippen LogP contribution in [0.15, 0.2) is 18.2 Å². The first kappa shape index (κ1) is 24.0. The molecule has 10 heteroatoms. The minimum atomic E-state index is -3.53. The molecule has 2 rings (SSSR count). The Hall–Kier alpha value is -1.25. The maximum atomic E-state index is 13.1. The Balaban J connectivity index is 2.12. The Morgan fingerprint density at radius 1 is 1.24 bits per heavy atom. The van der Waals surface area contributed by atoms with E-state index in [-0.39, 0.29) is 18.8 Å². The van der Waals surface area contributed by atoms with E-state index in [1.54, 1.807) is 27.0 Å². The Bertz CT molecular complexity index is 750. The summed E-state index contributed by atoms with van der Waals surface area (Å²) in [5.41, 5.74) is 0.658. The molecule has 1 aromatic carbocycles. The summed E-state index contributed by atoms with van der Waals surface area (Å²) in [6, 6.07) is 5.50. The van der Waals surface area contributed by atoms with E-state index < -0.39 is 13.8 Å². The van der Waals surface area contributed by atoms with Crippen LogP contribution in [0.1, 0.15) is 46.6 Å². The summed E-state index contributed by atoms with van der Waals surface area (Å²) in [5, 5.41) is 0. The fraction of sp³-hybridized carbons (Fsp3) is 0.632. The van der Waals surface area contributed by atoms with Crippen LogP contribution in [-0.2, 0) is 20.0 Å². The van der Waals surface area contributed by atoms with Crippen LogP contribution in [0.25, 0.3) is 0 Å². The highest BCUT2D eigenvalue weighted by Gasteiger charge is 2.37. The van der Waals surface area contributed by atoms with Crippen LogP contribution in [0.4, 0.5) is 4.79 Å². The van der Waals surface area contributed by atoms with Crippen LogP contribution in [0.2, 0.25) is 0 Å². The lowest BCUT2D eigenvalue weighted by atomic mass is 10.0. The molecule has 0 saturated heterocycles. The van der Waals surface area contributed by atoms with Crippen LogP contribution in [-0.4, -0.2) is 46.9 Å². The van der Waals surface area contributed by atoms with Crippen LogP contribution < -0.4 is 9.47 Å². The van der Waals surface area contributed by atoms with E-state index in [9.17, 15) is 9.36 Å². The highest BCUT2D eigenvalue weighted by Crippen LogP contribution is 2.56. The molecular formula is C19H31N2O6PS. The van der Waals surface area contributed by atoms with Crippen LogP contribution in [0, 0.1) is 0 Å². The molecule has 0 atom stereocenters. The zero-order valence-electron chi connectivity index (χ0n) is 18.0. The first-order chi connectivity index (χ1) is 13.7. The second-order valence-electron chi connectivity index (χ2n) is 7.11. The Morgan fingerprint density at radius 2 is 1.90 bits per heavy atom. The van der Waals surface area contributed by atoms with Crippen molar-refractivity contribution in [3.05, 3.63) is 23.8 Å². The number of ether oxygens (including phenoxy) is 2. The quantitative estimate of drug-likeness (QED) is 0.355. The van der Waals surface area contributed by atoms with Crippen molar-refractivity contribution in [2.75, 3.05) is 26.8 Å². The number of fused-ring (bicyclic) bond motifs is 1. The molecule has 0 bridgehead atoms. The van der Waals surface area contributed by atoms with Gasteiger partial charge in [-0.15, -0.1) is 4.08 Å². The molecule has 164 valence electrons. The lowest BCUT2D eigenvalue weighted by molar-refractivity contribution is 0.131. The Labute approximate surface area is 177 Å². The maximum Gasteiger partial charge on any atom is 0.426 e. The van der Waals surface area contributed by atoms with E-state index in [1.807, 2.05) is 32.9 Å². The number of nitrogens with zero attached hydrogens (tertiary/aromatic N) is 2. The molecular weight excluding hydrogens is 415 g/mol. The van der Waals surface area contributed by atoms with Gasteiger partial charge in [-0.25, -0.2) is 13.7 Å². The minimum Gasteiger partial charge on any atom is -0.483 e. The van der Waals surface area contributed by atoms with Gasteiger partial charge < -0.3 is 9.47 Å². The minimum absolute atomic E-state index is 0.232. The van der Waals surface area contributed by atoms with Gasteiger partial charge in [-0.1, -0.05) is 19.1 Å². The summed E-state index contributed by atoms with van der Waals surface area (Å²) in [4.78, 5) is 12.7. The number of carbonyl (C=O) groups excluding carboxylic acids is 1. The smallest absolute Gasteiger partial charge is 0.426 e. The topological polar surface area (TPSA) is 77.5 Å². The van der Waals surface area contributed by atoms with Crippen LogP contribution in [0.3, 0.4) is 0 Å². The molecule has 0 radical (unpaired) electrons. The van der Waals surface area contributed by atoms with E-state index in [2.05, 4.69) is 0 Å². The van der Waals surface area contributed by atoms with Gasteiger partial charge in [-0.05, 0) is 40.2 Å². The molecule has 1 amide bonds. The Morgan fingerprint density at radius 3 is 2.48 bits per heavy atom. The molecule has 1 aromatic rings. The maximum absolute atomic E-state index is 13.1. The fourth-order valence-electron chi connectivity index (χ4n) is 2.89. The van der Waals surface area contributed by atoms with Crippen molar-refractivity contribution in [3.63, 3.8) is 0 Å². The van der Waals surface area contributed by atoms with Crippen LogP contribution >= 0.6 is 19.9 Å². The summed E-state index contributed by atoms with van der Waals surface area (Å²) in [6.45, 7) is 10.3. The lowest BCUT2D eigenvalue weighted by Crippen LogP contribution is -2.30. The fourth-order valence-corrected chi connectivity index (χ4v) is 5.94. The molecule has 1 aliphatic rings.